The lowest BCUT2D eigenvalue weighted by molar-refractivity contribution is -0.128. The first-order valence-corrected chi connectivity index (χ1v) is 8.43. The molecule has 2 heterocycles. The third kappa shape index (κ3) is 2.49. The van der Waals surface area contributed by atoms with Gasteiger partial charge in [-0.2, -0.15) is 0 Å². The Morgan fingerprint density at radius 2 is 1.87 bits per heavy atom. The van der Waals surface area contributed by atoms with Crippen LogP contribution in [0.4, 0.5) is 11.4 Å². The molecular formula is C19H19ClN2O. The van der Waals surface area contributed by atoms with Crippen molar-refractivity contribution in [2.24, 2.45) is 5.92 Å². The van der Waals surface area contributed by atoms with E-state index < -0.39 is 0 Å². The maximum absolute atomic E-state index is 12.5. The van der Waals surface area contributed by atoms with Gasteiger partial charge in [0.05, 0.1) is 6.04 Å². The molecule has 2 bridgehead atoms. The number of hydrogen-bond acceptors (Lipinski definition) is 3. The highest BCUT2D eigenvalue weighted by atomic mass is 35.5. The van der Waals surface area contributed by atoms with Gasteiger partial charge in [0.25, 0.3) is 0 Å². The second-order valence-corrected chi connectivity index (χ2v) is 6.94. The molecule has 2 aromatic rings. The number of hydrogen-bond donors (Lipinski definition) is 1. The van der Waals surface area contributed by atoms with Crippen LogP contribution in [-0.4, -0.2) is 11.8 Å². The molecule has 0 amide bonds. The Morgan fingerprint density at radius 3 is 2.57 bits per heavy atom. The zero-order valence-corrected chi connectivity index (χ0v) is 13.5. The largest absolute Gasteiger partial charge is 0.399 e. The Morgan fingerprint density at radius 1 is 1.09 bits per heavy atom. The Labute approximate surface area is 141 Å². The van der Waals surface area contributed by atoms with Crippen molar-refractivity contribution in [2.75, 3.05) is 10.6 Å². The van der Waals surface area contributed by atoms with E-state index in [9.17, 15) is 4.79 Å². The summed E-state index contributed by atoms with van der Waals surface area (Å²) in [7, 11) is 0. The van der Waals surface area contributed by atoms with Gasteiger partial charge >= 0.3 is 0 Å². The van der Waals surface area contributed by atoms with Gasteiger partial charge in [0.15, 0.2) is 0 Å². The molecule has 0 aromatic heterocycles. The van der Waals surface area contributed by atoms with Crippen molar-refractivity contribution in [3.63, 3.8) is 0 Å². The van der Waals surface area contributed by atoms with Crippen LogP contribution in [-0.2, 0) is 4.79 Å². The molecule has 0 radical (unpaired) electrons. The van der Waals surface area contributed by atoms with Crippen molar-refractivity contribution in [1.29, 1.82) is 0 Å². The number of nitrogens with zero attached hydrogens (tertiary/aromatic N) is 1. The first-order chi connectivity index (χ1) is 11.1. The number of nitrogens with two attached hydrogens (primary N) is 1. The van der Waals surface area contributed by atoms with Crippen molar-refractivity contribution in [3.8, 4) is 0 Å². The van der Waals surface area contributed by atoms with Gasteiger partial charge in [-0.25, -0.2) is 0 Å². The SMILES string of the molecule is Nc1cccc(C2C3CCC(CC3=O)N2c2ccc(Cl)cc2)c1. The van der Waals surface area contributed by atoms with Crippen molar-refractivity contribution >= 4 is 28.8 Å². The van der Waals surface area contributed by atoms with Gasteiger partial charge in [-0.15, -0.1) is 0 Å². The van der Waals surface area contributed by atoms with Gasteiger partial charge in [0, 0.05) is 34.8 Å². The van der Waals surface area contributed by atoms with Crippen LogP contribution >= 0.6 is 11.6 Å². The summed E-state index contributed by atoms with van der Waals surface area (Å²) >= 11 is 6.04. The lowest BCUT2D eigenvalue weighted by Gasteiger charge is -2.52. The van der Waals surface area contributed by atoms with Crippen LogP contribution in [0.2, 0.25) is 5.02 Å². The van der Waals surface area contributed by atoms with E-state index in [1.54, 1.807) is 0 Å². The summed E-state index contributed by atoms with van der Waals surface area (Å²) in [5, 5.41) is 0.729. The summed E-state index contributed by atoms with van der Waals surface area (Å²) in [6, 6.07) is 16.2. The molecule has 23 heavy (non-hydrogen) atoms. The van der Waals surface area contributed by atoms with Crippen LogP contribution in [0.3, 0.4) is 0 Å². The van der Waals surface area contributed by atoms with E-state index in [4.69, 9.17) is 17.3 Å². The number of benzene rings is 2. The van der Waals surface area contributed by atoms with Crippen LogP contribution < -0.4 is 10.6 Å². The average Bonchev–Trinajstić information content (AvgIpc) is 2.55. The maximum atomic E-state index is 12.5. The number of piperidine rings is 2. The Bertz CT molecular complexity index is 743. The number of Topliss-reactive ketones (excluding diaryl/α,β-unsaturated/α-hetero) is 1. The highest BCUT2D eigenvalue weighted by molar-refractivity contribution is 6.30. The summed E-state index contributed by atoms with van der Waals surface area (Å²) in [5.41, 5.74) is 8.98. The molecule has 2 aliphatic heterocycles. The van der Waals surface area contributed by atoms with Gasteiger partial charge in [-0.1, -0.05) is 23.7 Å². The summed E-state index contributed by atoms with van der Waals surface area (Å²) < 4.78 is 0. The van der Waals surface area contributed by atoms with E-state index in [1.165, 1.54) is 0 Å². The third-order valence-corrected chi connectivity index (χ3v) is 5.36. The summed E-state index contributed by atoms with van der Waals surface area (Å²) in [6.45, 7) is 0. The zero-order valence-electron chi connectivity index (χ0n) is 12.8. The van der Waals surface area contributed by atoms with Gasteiger partial charge in [-0.3, -0.25) is 4.79 Å². The van der Waals surface area contributed by atoms with Gasteiger partial charge in [0.1, 0.15) is 5.78 Å². The molecule has 2 saturated heterocycles. The number of carbonyl (C=O) groups excluding carboxylic acids is 1. The average molecular weight is 327 g/mol. The van der Waals surface area contributed by atoms with Crippen molar-refractivity contribution in [3.05, 3.63) is 59.1 Å². The van der Waals surface area contributed by atoms with Crippen molar-refractivity contribution < 1.29 is 4.79 Å². The normalized spacial score (nSPS) is 26.6. The minimum absolute atomic E-state index is 0.0532. The van der Waals surface area contributed by atoms with Crippen LogP contribution in [0.15, 0.2) is 48.5 Å². The number of ketones is 1. The van der Waals surface area contributed by atoms with E-state index in [0.717, 1.165) is 34.8 Å². The zero-order chi connectivity index (χ0) is 16.0. The fraction of sp³-hybridized carbons (Fsp3) is 0.316. The van der Waals surface area contributed by atoms with Gasteiger partial charge in [0.2, 0.25) is 0 Å². The second kappa shape index (κ2) is 5.57. The second-order valence-electron chi connectivity index (χ2n) is 6.51. The number of anilines is 2. The predicted octanol–water partition coefficient (Wildman–Crippen LogP) is 4.22. The molecular weight excluding hydrogens is 308 g/mol. The highest BCUT2D eigenvalue weighted by Crippen LogP contribution is 2.48. The smallest absolute Gasteiger partial charge is 0.140 e. The fourth-order valence-electron chi connectivity index (χ4n) is 4.13. The molecule has 1 aliphatic carbocycles. The maximum Gasteiger partial charge on any atom is 0.140 e. The molecule has 3 fully saturated rings. The summed E-state index contributed by atoms with van der Waals surface area (Å²) in [5.74, 6) is 0.441. The fourth-order valence-corrected chi connectivity index (χ4v) is 4.26. The predicted molar refractivity (Wildman–Crippen MR) is 93.7 cm³/mol. The molecule has 3 nitrogen and oxygen atoms in total. The van der Waals surface area contributed by atoms with Crippen LogP contribution in [0.5, 0.6) is 0 Å². The first kappa shape index (κ1) is 14.6. The minimum Gasteiger partial charge on any atom is -0.399 e. The number of halogens is 1. The van der Waals surface area contributed by atoms with E-state index >= 15 is 0 Å². The molecule has 2 N–H and O–H groups in total. The molecule has 5 rings (SSSR count). The number of rotatable bonds is 2. The Kier molecular flexibility index (Phi) is 3.53. The standard InChI is InChI=1S/C19H19ClN2O/c20-13-4-6-15(7-5-13)22-16-8-9-17(18(23)11-16)19(22)12-2-1-3-14(21)10-12/h1-7,10,16-17,19H,8-9,11,21H2. The lowest BCUT2D eigenvalue weighted by atomic mass is 9.71. The molecule has 2 aromatic carbocycles. The topological polar surface area (TPSA) is 46.3 Å². The highest BCUT2D eigenvalue weighted by Gasteiger charge is 2.47. The van der Waals surface area contributed by atoms with Gasteiger partial charge in [-0.05, 0) is 54.8 Å². The number of carbonyl (C=O) groups is 1. The quantitative estimate of drug-likeness (QED) is 0.840. The van der Waals surface area contributed by atoms with Crippen LogP contribution in [0.1, 0.15) is 30.9 Å². The van der Waals surface area contributed by atoms with E-state index in [0.29, 0.717) is 12.2 Å². The monoisotopic (exact) mass is 326 g/mol. The van der Waals surface area contributed by atoms with Crippen molar-refractivity contribution in [2.45, 2.75) is 31.3 Å². The van der Waals surface area contributed by atoms with E-state index in [2.05, 4.69) is 11.0 Å². The molecule has 0 spiro atoms. The molecule has 3 atom stereocenters. The van der Waals surface area contributed by atoms with Crippen molar-refractivity contribution in [1.82, 2.24) is 0 Å². The molecule has 3 aliphatic rings. The first-order valence-electron chi connectivity index (χ1n) is 8.05. The molecule has 118 valence electrons. The third-order valence-electron chi connectivity index (χ3n) is 5.11. The van der Waals surface area contributed by atoms with E-state index in [-0.39, 0.29) is 18.0 Å². The number of nitrogen functional groups attached to an aromatic ring is 1. The molecule has 3 unspecified atom stereocenters. The molecule has 4 heteroatoms. The molecule has 1 saturated carbocycles. The lowest BCUT2D eigenvalue weighted by Crippen LogP contribution is -2.54. The summed E-state index contributed by atoms with van der Waals surface area (Å²) in [4.78, 5) is 14.9. The van der Waals surface area contributed by atoms with Gasteiger partial charge < -0.3 is 10.6 Å². The van der Waals surface area contributed by atoms with Crippen LogP contribution in [0.25, 0.3) is 0 Å². The van der Waals surface area contributed by atoms with E-state index in [1.807, 2.05) is 42.5 Å². The Balaban J connectivity index is 1.81. The Hall–Kier alpha value is -2.00. The number of fused-ring (bicyclic) bond motifs is 3. The minimum atomic E-state index is 0.0532. The summed E-state index contributed by atoms with van der Waals surface area (Å²) in [6.07, 6.45) is 2.68. The van der Waals surface area contributed by atoms with Crippen LogP contribution in [0, 0.1) is 5.92 Å².